The fourth-order valence-corrected chi connectivity index (χ4v) is 4.19. The molecule has 2 aliphatic rings. The molecule has 1 aromatic carbocycles. The van der Waals surface area contributed by atoms with Gasteiger partial charge < -0.3 is 14.2 Å². The Hall–Kier alpha value is -2.02. The Kier molecular flexibility index (Phi) is 4.18. The van der Waals surface area contributed by atoms with Gasteiger partial charge in [0.2, 0.25) is 5.89 Å². The van der Waals surface area contributed by atoms with Crippen LogP contribution in [0.2, 0.25) is 0 Å². The van der Waals surface area contributed by atoms with Crippen molar-refractivity contribution in [2.45, 2.75) is 36.7 Å². The molecule has 0 aliphatic carbocycles. The summed E-state index contributed by atoms with van der Waals surface area (Å²) in [4.78, 5) is 20.2. The summed E-state index contributed by atoms with van der Waals surface area (Å²) >= 11 is 1.68. The van der Waals surface area contributed by atoms with Gasteiger partial charge in [0.05, 0.1) is 0 Å². The van der Waals surface area contributed by atoms with Crippen molar-refractivity contribution in [2.24, 2.45) is 0 Å². The number of rotatable bonds is 2. The van der Waals surface area contributed by atoms with Crippen molar-refractivity contribution in [3.05, 3.63) is 36.0 Å². The number of para-hydroxylation sites is 1. The van der Waals surface area contributed by atoms with Crippen LogP contribution < -0.4 is 4.74 Å². The topological polar surface area (TPSA) is 68.5 Å². The predicted molar refractivity (Wildman–Crippen MR) is 89.2 cm³/mol. The van der Waals surface area contributed by atoms with E-state index in [1.807, 2.05) is 29.2 Å². The van der Waals surface area contributed by atoms with Crippen LogP contribution in [-0.2, 0) is 4.79 Å². The van der Waals surface area contributed by atoms with E-state index in [1.165, 1.54) is 0 Å². The van der Waals surface area contributed by atoms with Crippen molar-refractivity contribution in [2.75, 3.05) is 18.8 Å². The van der Waals surface area contributed by atoms with Crippen molar-refractivity contribution in [3.63, 3.8) is 0 Å². The number of aromatic nitrogens is 2. The molecule has 1 amide bonds. The van der Waals surface area contributed by atoms with E-state index in [0.29, 0.717) is 24.0 Å². The molecule has 7 heteroatoms. The first kappa shape index (κ1) is 15.5. The van der Waals surface area contributed by atoms with Gasteiger partial charge in [-0.1, -0.05) is 17.3 Å². The van der Waals surface area contributed by atoms with E-state index in [4.69, 9.17) is 9.26 Å². The van der Waals surface area contributed by atoms with Gasteiger partial charge in [-0.3, -0.25) is 4.79 Å². The summed E-state index contributed by atoms with van der Waals surface area (Å²) in [5.41, 5.74) is 0. The quantitative estimate of drug-likeness (QED) is 0.833. The van der Waals surface area contributed by atoms with Gasteiger partial charge in [-0.25, -0.2) is 0 Å². The van der Waals surface area contributed by atoms with Crippen LogP contribution in [0.4, 0.5) is 0 Å². The highest BCUT2D eigenvalue weighted by atomic mass is 32.2. The van der Waals surface area contributed by atoms with E-state index in [1.54, 1.807) is 18.7 Å². The number of likely N-dealkylation sites (tertiary alicyclic amines) is 1. The van der Waals surface area contributed by atoms with Gasteiger partial charge in [0.25, 0.3) is 5.91 Å². The Bertz CT molecular complexity index is 748. The van der Waals surface area contributed by atoms with Gasteiger partial charge in [-0.05, 0) is 25.0 Å². The number of piperidine rings is 1. The Morgan fingerprint density at radius 1 is 1.38 bits per heavy atom. The van der Waals surface area contributed by atoms with Crippen LogP contribution in [0.5, 0.6) is 5.75 Å². The number of fused-ring (bicyclic) bond motifs is 1. The van der Waals surface area contributed by atoms with E-state index in [0.717, 1.165) is 30.0 Å². The number of aryl methyl sites for hydroxylation is 1. The zero-order valence-electron chi connectivity index (χ0n) is 13.5. The normalized spacial score (nSPS) is 23.5. The molecule has 24 heavy (non-hydrogen) atoms. The SMILES string of the molecule is Cc1nc([C@H]2CCCN(C(=O)[C@@H]3CSc4ccccc4O3)C2)no1. The van der Waals surface area contributed by atoms with Crippen LogP contribution in [0, 0.1) is 6.92 Å². The molecule has 126 valence electrons. The largest absolute Gasteiger partial charge is 0.479 e. The molecule has 0 bridgehead atoms. The number of carbonyl (C=O) groups excluding carboxylic acids is 1. The molecular weight excluding hydrogens is 326 g/mol. The third-order valence-corrected chi connectivity index (χ3v) is 5.54. The molecule has 1 saturated heterocycles. The number of amides is 1. The Labute approximate surface area is 144 Å². The minimum Gasteiger partial charge on any atom is -0.479 e. The first-order chi connectivity index (χ1) is 11.7. The van der Waals surface area contributed by atoms with Crippen LogP contribution in [-0.4, -0.2) is 45.9 Å². The lowest BCUT2D eigenvalue weighted by atomic mass is 9.97. The molecule has 2 aromatic rings. The number of thioether (sulfide) groups is 1. The summed E-state index contributed by atoms with van der Waals surface area (Å²) in [5.74, 6) is 2.92. The second-order valence-corrected chi connectivity index (χ2v) is 7.22. The molecule has 6 nitrogen and oxygen atoms in total. The van der Waals surface area contributed by atoms with E-state index in [-0.39, 0.29) is 11.8 Å². The number of carbonyl (C=O) groups is 1. The molecule has 0 radical (unpaired) electrons. The van der Waals surface area contributed by atoms with Crippen LogP contribution in [0.1, 0.15) is 30.5 Å². The summed E-state index contributed by atoms with van der Waals surface area (Å²) in [5, 5.41) is 4.02. The molecular formula is C17H19N3O3S. The van der Waals surface area contributed by atoms with Crippen molar-refractivity contribution in [1.29, 1.82) is 0 Å². The van der Waals surface area contributed by atoms with Crippen LogP contribution in [0.15, 0.2) is 33.7 Å². The van der Waals surface area contributed by atoms with Gasteiger partial charge in [0.15, 0.2) is 11.9 Å². The maximum Gasteiger partial charge on any atom is 0.264 e. The predicted octanol–water partition coefficient (Wildman–Crippen LogP) is 2.64. The Balaban J connectivity index is 1.45. The number of hydrogen-bond acceptors (Lipinski definition) is 6. The molecule has 0 unspecified atom stereocenters. The molecule has 2 atom stereocenters. The van der Waals surface area contributed by atoms with Crippen LogP contribution in [0.3, 0.4) is 0 Å². The molecule has 4 rings (SSSR count). The van der Waals surface area contributed by atoms with Gasteiger partial charge in [0.1, 0.15) is 5.75 Å². The highest BCUT2D eigenvalue weighted by Crippen LogP contribution is 2.36. The smallest absolute Gasteiger partial charge is 0.264 e. The van der Waals surface area contributed by atoms with Crippen molar-refractivity contribution < 1.29 is 14.1 Å². The average molecular weight is 345 g/mol. The van der Waals surface area contributed by atoms with Crippen LogP contribution in [0.25, 0.3) is 0 Å². The Morgan fingerprint density at radius 3 is 3.08 bits per heavy atom. The average Bonchev–Trinajstić information content (AvgIpc) is 3.07. The number of benzene rings is 1. The molecule has 1 aromatic heterocycles. The zero-order valence-corrected chi connectivity index (χ0v) is 14.3. The molecule has 0 N–H and O–H groups in total. The molecule has 0 saturated carbocycles. The van der Waals surface area contributed by atoms with E-state index >= 15 is 0 Å². The van der Waals surface area contributed by atoms with E-state index < -0.39 is 6.10 Å². The summed E-state index contributed by atoms with van der Waals surface area (Å²) in [7, 11) is 0. The molecule has 3 heterocycles. The molecule has 2 aliphatic heterocycles. The van der Waals surface area contributed by atoms with E-state index in [2.05, 4.69) is 10.1 Å². The van der Waals surface area contributed by atoms with E-state index in [9.17, 15) is 4.79 Å². The third kappa shape index (κ3) is 3.00. The van der Waals surface area contributed by atoms with Gasteiger partial charge in [-0.15, -0.1) is 11.8 Å². The van der Waals surface area contributed by atoms with Crippen molar-refractivity contribution in [1.82, 2.24) is 15.0 Å². The lowest BCUT2D eigenvalue weighted by molar-refractivity contribution is -0.139. The second-order valence-electron chi connectivity index (χ2n) is 6.16. The second kappa shape index (κ2) is 6.47. The van der Waals surface area contributed by atoms with Crippen molar-refractivity contribution >= 4 is 17.7 Å². The molecule has 1 fully saturated rings. The van der Waals surface area contributed by atoms with Gasteiger partial charge >= 0.3 is 0 Å². The lowest BCUT2D eigenvalue weighted by Gasteiger charge is -2.35. The first-order valence-corrected chi connectivity index (χ1v) is 9.17. The summed E-state index contributed by atoms with van der Waals surface area (Å²) in [6, 6.07) is 7.86. The maximum absolute atomic E-state index is 12.9. The molecule has 0 spiro atoms. The highest BCUT2D eigenvalue weighted by molar-refractivity contribution is 7.99. The highest BCUT2D eigenvalue weighted by Gasteiger charge is 2.34. The fourth-order valence-electron chi connectivity index (χ4n) is 3.21. The Morgan fingerprint density at radius 2 is 2.25 bits per heavy atom. The number of ether oxygens (including phenoxy) is 1. The standard InChI is InChI=1S/C17H19N3O3S/c1-11-18-16(19-23-11)12-5-4-8-20(9-12)17(21)14-10-24-15-7-3-2-6-13(15)22-14/h2-3,6-7,12,14H,4-5,8-10H2,1H3/t12-,14-/m0/s1. The summed E-state index contributed by atoms with van der Waals surface area (Å²) < 4.78 is 11.0. The lowest BCUT2D eigenvalue weighted by Crippen LogP contribution is -2.48. The van der Waals surface area contributed by atoms with Gasteiger partial charge in [-0.2, -0.15) is 4.98 Å². The summed E-state index contributed by atoms with van der Waals surface area (Å²) in [6.07, 6.45) is 1.50. The minimum atomic E-state index is -0.421. The zero-order chi connectivity index (χ0) is 16.5. The number of nitrogens with zero attached hydrogens (tertiary/aromatic N) is 3. The minimum absolute atomic E-state index is 0.0573. The fraction of sp³-hybridized carbons (Fsp3) is 0.471. The van der Waals surface area contributed by atoms with Gasteiger partial charge in [0, 0.05) is 36.6 Å². The maximum atomic E-state index is 12.9. The monoisotopic (exact) mass is 345 g/mol. The third-order valence-electron chi connectivity index (χ3n) is 4.43. The van der Waals surface area contributed by atoms with Crippen molar-refractivity contribution in [3.8, 4) is 5.75 Å². The summed E-state index contributed by atoms with van der Waals surface area (Å²) in [6.45, 7) is 3.18. The van der Waals surface area contributed by atoms with Crippen LogP contribution >= 0.6 is 11.8 Å². The number of hydrogen-bond donors (Lipinski definition) is 0. The first-order valence-electron chi connectivity index (χ1n) is 8.18.